The van der Waals surface area contributed by atoms with Gasteiger partial charge in [0.2, 0.25) is 5.43 Å². The molecule has 0 aliphatic heterocycles. The summed E-state index contributed by atoms with van der Waals surface area (Å²) in [6, 6.07) is 0. The zero-order chi connectivity index (χ0) is 10.0. The summed E-state index contributed by atoms with van der Waals surface area (Å²) in [5.74, 6) is -0.959. The summed E-state index contributed by atoms with van der Waals surface area (Å²) in [7, 11) is 0. The lowest BCUT2D eigenvalue weighted by atomic mass is 10.2. The SMILES string of the molecule is O=c1c(O)c[nH]c(CCl)c1C(F)F. The van der Waals surface area contributed by atoms with Crippen molar-refractivity contribution in [3.8, 4) is 5.75 Å². The molecule has 0 bridgehead atoms. The molecule has 0 aliphatic rings. The third-order valence-electron chi connectivity index (χ3n) is 1.54. The number of aromatic hydroxyl groups is 1. The number of halogens is 3. The van der Waals surface area contributed by atoms with E-state index in [0.29, 0.717) is 0 Å². The molecule has 0 unspecified atom stereocenters. The van der Waals surface area contributed by atoms with E-state index in [-0.39, 0.29) is 11.6 Å². The number of pyridine rings is 1. The van der Waals surface area contributed by atoms with Gasteiger partial charge in [0.25, 0.3) is 6.43 Å². The molecule has 0 aliphatic carbocycles. The maximum Gasteiger partial charge on any atom is 0.269 e. The Balaban J connectivity index is 3.42. The normalized spacial score (nSPS) is 10.8. The van der Waals surface area contributed by atoms with Crippen molar-refractivity contribution in [2.24, 2.45) is 0 Å². The fraction of sp³-hybridized carbons (Fsp3) is 0.286. The Bertz CT molecular complexity index is 364. The van der Waals surface area contributed by atoms with Crippen LogP contribution in [0.1, 0.15) is 17.7 Å². The zero-order valence-corrected chi connectivity index (χ0v) is 7.11. The first kappa shape index (κ1) is 9.98. The highest BCUT2D eigenvalue weighted by molar-refractivity contribution is 6.17. The van der Waals surface area contributed by atoms with Crippen molar-refractivity contribution in [1.82, 2.24) is 4.98 Å². The minimum Gasteiger partial charge on any atom is -0.503 e. The predicted molar refractivity (Wildman–Crippen MR) is 43.2 cm³/mol. The lowest BCUT2D eigenvalue weighted by Gasteiger charge is -2.04. The van der Waals surface area contributed by atoms with E-state index in [1.165, 1.54) is 0 Å². The van der Waals surface area contributed by atoms with E-state index in [4.69, 9.17) is 16.7 Å². The van der Waals surface area contributed by atoms with E-state index in [1.54, 1.807) is 0 Å². The topological polar surface area (TPSA) is 53.1 Å². The van der Waals surface area contributed by atoms with Crippen molar-refractivity contribution in [3.05, 3.63) is 27.7 Å². The van der Waals surface area contributed by atoms with Gasteiger partial charge < -0.3 is 10.1 Å². The van der Waals surface area contributed by atoms with Gasteiger partial charge in [-0.2, -0.15) is 0 Å². The number of hydrogen-bond donors (Lipinski definition) is 2. The minimum atomic E-state index is -2.94. The molecule has 2 N–H and O–H groups in total. The minimum absolute atomic E-state index is 0.0699. The van der Waals surface area contributed by atoms with E-state index in [1.807, 2.05) is 0 Å². The summed E-state index contributed by atoms with van der Waals surface area (Å²) in [4.78, 5) is 13.3. The number of rotatable bonds is 2. The van der Waals surface area contributed by atoms with Crippen molar-refractivity contribution in [2.75, 3.05) is 0 Å². The van der Waals surface area contributed by atoms with Crippen LogP contribution in [0.4, 0.5) is 8.78 Å². The second kappa shape index (κ2) is 3.74. The van der Waals surface area contributed by atoms with Crippen LogP contribution in [0.2, 0.25) is 0 Å². The Kier molecular flexibility index (Phi) is 2.87. The quantitative estimate of drug-likeness (QED) is 0.730. The molecule has 0 fully saturated rings. The van der Waals surface area contributed by atoms with Crippen LogP contribution >= 0.6 is 11.6 Å². The molecule has 0 amide bonds. The summed E-state index contributed by atoms with van der Waals surface area (Å²) < 4.78 is 24.5. The molecule has 0 saturated carbocycles. The van der Waals surface area contributed by atoms with E-state index in [9.17, 15) is 13.6 Å². The van der Waals surface area contributed by atoms with Gasteiger partial charge in [0, 0.05) is 11.9 Å². The Morgan fingerprint density at radius 1 is 1.62 bits per heavy atom. The summed E-state index contributed by atoms with van der Waals surface area (Å²) in [5, 5.41) is 8.85. The second-order valence-corrected chi connectivity index (χ2v) is 2.60. The van der Waals surface area contributed by atoms with Gasteiger partial charge in [0.1, 0.15) is 0 Å². The van der Waals surface area contributed by atoms with Gasteiger partial charge in [-0.3, -0.25) is 4.79 Å². The lowest BCUT2D eigenvalue weighted by molar-refractivity contribution is 0.148. The molecule has 0 aromatic carbocycles. The predicted octanol–water partition coefficient (Wildman–Crippen LogP) is 1.76. The molecule has 0 spiro atoms. The van der Waals surface area contributed by atoms with Crippen LogP contribution in [0.5, 0.6) is 5.75 Å². The maximum absolute atomic E-state index is 12.3. The second-order valence-electron chi connectivity index (χ2n) is 2.33. The molecule has 0 saturated heterocycles. The highest BCUT2D eigenvalue weighted by Gasteiger charge is 2.19. The van der Waals surface area contributed by atoms with Crippen LogP contribution in [-0.2, 0) is 5.88 Å². The van der Waals surface area contributed by atoms with Gasteiger partial charge in [0.05, 0.1) is 11.4 Å². The third kappa shape index (κ3) is 1.80. The first-order valence-electron chi connectivity index (χ1n) is 3.35. The molecule has 13 heavy (non-hydrogen) atoms. The van der Waals surface area contributed by atoms with Gasteiger partial charge in [-0.1, -0.05) is 0 Å². The first-order valence-corrected chi connectivity index (χ1v) is 3.89. The van der Waals surface area contributed by atoms with Crippen molar-refractivity contribution in [1.29, 1.82) is 0 Å². The highest BCUT2D eigenvalue weighted by Crippen LogP contribution is 2.20. The van der Waals surface area contributed by atoms with E-state index in [0.717, 1.165) is 6.20 Å². The van der Waals surface area contributed by atoms with Crippen molar-refractivity contribution in [3.63, 3.8) is 0 Å². The third-order valence-corrected chi connectivity index (χ3v) is 1.80. The first-order chi connectivity index (χ1) is 6.07. The van der Waals surface area contributed by atoms with E-state index in [2.05, 4.69) is 4.98 Å². The largest absolute Gasteiger partial charge is 0.503 e. The van der Waals surface area contributed by atoms with Crippen molar-refractivity contribution in [2.45, 2.75) is 12.3 Å². The van der Waals surface area contributed by atoms with Crippen molar-refractivity contribution >= 4 is 11.6 Å². The number of nitrogens with one attached hydrogen (secondary N) is 1. The molecule has 1 rings (SSSR count). The summed E-state index contributed by atoms with van der Waals surface area (Å²) in [6.07, 6.45) is -2.00. The Hall–Kier alpha value is -1.10. The monoisotopic (exact) mass is 209 g/mol. The van der Waals surface area contributed by atoms with Crippen LogP contribution < -0.4 is 5.43 Å². The molecule has 3 nitrogen and oxygen atoms in total. The number of hydrogen-bond acceptors (Lipinski definition) is 2. The van der Waals surface area contributed by atoms with Gasteiger partial charge in [-0.15, -0.1) is 11.6 Å². The average molecular weight is 210 g/mol. The molecule has 72 valence electrons. The molecule has 1 aromatic rings. The number of alkyl halides is 3. The summed E-state index contributed by atoms with van der Waals surface area (Å²) in [5.41, 5.74) is -1.92. The van der Waals surface area contributed by atoms with Crippen LogP contribution in [0.15, 0.2) is 11.0 Å². The zero-order valence-electron chi connectivity index (χ0n) is 6.35. The Morgan fingerprint density at radius 2 is 2.23 bits per heavy atom. The molecule has 1 aromatic heterocycles. The molecule has 1 heterocycles. The van der Waals surface area contributed by atoms with Crippen molar-refractivity contribution < 1.29 is 13.9 Å². The van der Waals surface area contributed by atoms with Gasteiger partial charge in [-0.05, 0) is 0 Å². The Morgan fingerprint density at radius 3 is 2.69 bits per heavy atom. The molecule has 0 radical (unpaired) electrons. The van der Waals surface area contributed by atoms with Crippen LogP contribution in [0.25, 0.3) is 0 Å². The Labute approximate surface area is 77.0 Å². The standard InChI is InChI=1S/C7H6ClF2NO2/c8-1-3-5(7(9)10)6(13)4(12)2-11-3/h2,7,12H,1H2,(H,11,13). The summed E-state index contributed by atoms with van der Waals surface area (Å²) in [6.45, 7) is 0. The average Bonchev–Trinajstić information content (AvgIpc) is 2.08. The molecule has 6 heteroatoms. The van der Waals surface area contributed by atoms with Crippen LogP contribution in [-0.4, -0.2) is 10.1 Å². The van der Waals surface area contributed by atoms with Gasteiger partial charge in [0.15, 0.2) is 5.75 Å². The maximum atomic E-state index is 12.3. The smallest absolute Gasteiger partial charge is 0.269 e. The molecular formula is C7H6ClF2NO2. The van der Waals surface area contributed by atoms with Gasteiger partial charge in [-0.25, -0.2) is 8.78 Å². The van der Waals surface area contributed by atoms with Gasteiger partial charge >= 0.3 is 0 Å². The number of aromatic amines is 1. The molecular weight excluding hydrogens is 204 g/mol. The fourth-order valence-corrected chi connectivity index (χ4v) is 1.14. The lowest BCUT2D eigenvalue weighted by Crippen LogP contribution is -2.13. The van der Waals surface area contributed by atoms with Crippen LogP contribution in [0, 0.1) is 0 Å². The fourth-order valence-electron chi connectivity index (χ4n) is 0.915. The highest BCUT2D eigenvalue weighted by atomic mass is 35.5. The van der Waals surface area contributed by atoms with E-state index >= 15 is 0 Å². The number of H-pyrrole nitrogens is 1. The summed E-state index contributed by atoms with van der Waals surface area (Å²) >= 11 is 5.32. The van der Waals surface area contributed by atoms with Crippen LogP contribution in [0.3, 0.4) is 0 Å². The molecule has 0 atom stereocenters. The number of aromatic nitrogens is 1. The van der Waals surface area contributed by atoms with E-state index < -0.39 is 23.2 Å².